The van der Waals surface area contributed by atoms with Crippen molar-refractivity contribution in [3.05, 3.63) is 39.5 Å². The highest BCUT2D eigenvalue weighted by Gasteiger charge is 2.20. The van der Waals surface area contributed by atoms with Gasteiger partial charge in [-0.05, 0) is 22.4 Å². The molecule has 0 fully saturated rings. The number of nitrogens with zero attached hydrogens (tertiary/aromatic N) is 4. The molecule has 0 saturated heterocycles. The zero-order chi connectivity index (χ0) is 19.2. The molecule has 3 N–H and O–H groups in total. The minimum absolute atomic E-state index is 0.0763. The van der Waals surface area contributed by atoms with E-state index in [1.54, 1.807) is 11.6 Å². The van der Waals surface area contributed by atoms with Crippen molar-refractivity contribution < 1.29 is 4.79 Å². The average Bonchev–Trinajstić information content (AvgIpc) is 3.35. The topological polar surface area (TPSA) is 128 Å². The second-order valence-electron chi connectivity index (χ2n) is 5.15. The molecule has 0 saturated carbocycles. The van der Waals surface area contributed by atoms with Gasteiger partial charge in [0.15, 0.2) is 5.13 Å². The zero-order valence-electron chi connectivity index (χ0n) is 13.8. The van der Waals surface area contributed by atoms with Crippen molar-refractivity contribution in [2.45, 2.75) is 11.4 Å². The van der Waals surface area contributed by atoms with Crippen LogP contribution in [0.5, 0.6) is 0 Å². The number of anilines is 2. The van der Waals surface area contributed by atoms with Crippen molar-refractivity contribution in [2.75, 3.05) is 16.8 Å². The van der Waals surface area contributed by atoms with Crippen LogP contribution < -0.4 is 11.1 Å². The maximum atomic E-state index is 12.0. The van der Waals surface area contributed by atoms with Crippen LogP contribution in [0.3, 0.4) is 0 Å². The van der Waals surface area contributed by atoms with Crippen molar-refractivity contribution in [3.8, 4) is 23.3 Å². The number of hydrogen-bond donors (Lipinski definition) is 2. The van der Waals surface area contributed by atoms with E-state index in [2.05, 4.69) is 21.4 Å². The van der Waals surface area contributed by atoms with Gasteiger partial charge in [-0.3, -0.25) is 4.79 Å². The van der Waals surface area contributed by atoms with Gasteiger partial charge in [-0.1, -0.05) is 0 Å². The number of carbonyl (C=O) groups excluding carboxylic acids is 1. The van der Waals surface area contributed by atoms with Gasteiger partial charge in [0.1, 0.15) is 28.5 Å². The number of thioether (sulfide) groups is 1. The van der Waals surface area contributed by atoms with Crippen LogP contribution in [0.25, 0.3) is 11.1 Å². The van der Waals surface area contributed by atoms with E-state index in [9.17, 15) is 15.3 Å². The molecule has 134 valence electrons. The Hall–Kier alpha value is -2.92. The number of amides is 1. The predicted octanol–water partition coefficient (Wildman–Crippen LogP) is 3.71. The molecule has 0 aliphatic rings. The normalized spacial score (nSPS) is 10.1. The lowest BCUT2D eigenvalue weighted by molar-refractivity contribution is -0.115. The molecule has 3 aromatic rings. The summed E-state index contributed by atoms with van der Waals surface area (Å²) < 4.78 is 0. The first-order valence-corrected chi connectivity index (χ1v) is 10.4. The smallest absolute Gasteiger partial charge is 0.226 e. The molecule has 0 aromatic carbocycles. The Balaban J connectivity index is 1.81. The SMILES string of the molecule is N#Cc1c(N)nc(SCCC(=O)Nc2nccs2)c(C#N)c1-c1ccsc1. The molecule has 7 nitrogen and oxygen atoms in total. The second kappa shape index (κ2) is 8.64. The molecule has 0 unspecified atom stereocenters. The molecule has 0 atom stereocenters. The number of rotatable bonds is 6. The van der Waals surface area contributed by atoms with Gasteiger partial charge >= 0.3 is 0 Å². The number of nitrogens with two attached hydrogens (primary N) is 1. The summed E-state index contributed by atoms with van der Waals surface area (Å²) in [7, 11) is 0. The van der Waals surface area contributed by atoms with Crippen molar-refractivity contribution in [1.29, 1.82) is 10.5 Å². The molecule has 0 aliphatic carbocycles. The van der Waals surface area contributed by atoms with Crippen LogP contribution in [0.1, 0.15) is 17.5 Å². The zero-order valence-corrected chi connectivity index (χ0v) is 16.2. The molecule has 3 aromatic heterocycles. The van der Waals surface area contributed by atoms with Crippen molar-refractivity contribution in [2.24, 2.45) is 0 Å². The van der Waals surface area contributed by atoms with Crippen molar-refractivity contribution in [1.82, 2.24) is 9.97 Å². The molecule has 1 amide bonds. The van der Waals surface area contributed by atoms with Crippen LogP contribution in [0.4, 0.5) is 10.9 Å². The molecule has 0 aliphatic heterocycles. The largest absolute Gasteiger partial charge is 0.383 e. The lowest BCUT2D eigenvalue weighted by atomic mass is 9.99. The van der Waals surface area contributed by atoms with Crippen molar-refractivity contribution in [3.63, 3.8) is 0 Å². The van der Waals surface area contributed by atoms with Gasteiger partial charge in [0, 0.05) is 29.3 Å². The van der Waals surface area contributed by atoms with E-state index in [4.69, 9.17) is 5.73 Å². The fourth-order valence-electron chi connectivity index (χ4n) is 2.31. The van der Waals surface area contributed by atoms with Gasteiger partial charge in [-0.25, -0.2) is 9.97 Å². The fraction of sp³-hybridized carbons (Fsp3) is 0.118. The Bertz CT molecular complexity index is 1030. The highest BCUT2D eigenvalue weighted by Crippen LogP contribution is 2.36. The van der Waals surface area contributed by atoms with Crippen molar-refractivity contribution >= 4 is 51.3 Å². The number of aromatic nitrogens is 2. The Morgan fingerprint density at radius 3 is 2.74 bits per heavy atom. The number of nitrogen functional groups attached to an aromatic ring is 1. The summed E-state index contributed by atoms with van der Waals surface area (Å²) in [6.45, 7) is 0. The van der Waals surface area contributed by atoms with Crippen LogP contribution in [0, 0.1) is 22.7 Å². The maximum absolute atomic E-state index is 12.0. The Morgan fingerprint density at radius 1 is 1.30 bits per heavy atom. The van der Waals surface area contributed by atoms with E-state index >= 15 is 0 Å². The quantitative estimate of drug-likeness (QED) is 0.590. The second-order valence-corrected chi connectivity index (χ2v) is 7.90. The van der Waals surface area contributed by atoms with E-state index < -0.39 is 0 Å². The van der Waals surface area contributed by atoms with Gasteiger partial charge in [-0.15, -0.1) is 23.1 Å². The van der Waals surface area contributed by atoms with E-state index in [1.807, 2.05) is 22.9 Å². The Morgan fingerprint density at radius 2 is 2.11 bits per heavy atom. The summed E-state index contributed by atoms with van der Waals surface area (Å²) in [6.07, 6.45) is 1.84. The third-order valence-corrected chi connectivity index (χ3v) is 5.82. The molecular weight excluding hydrogens is 400 g/mol. The summed E-state index contributed by atoms with van der Waals surface area (Å²) in [5, 5.41) is 28.2. The van der Waals surface area contributed by atoms with Crippen LogP contribution >= 0.6 is 34.4 Å². The number of thiophene rings is 1. The lowest BCUT2D eigenvalue weighted by Gasteiger charge is -2.11. The average molecular weight is 413 g/mol. The number of nitrogens with one attached hydrogen (secondary N) is 1. The van der Waals surface area contributed by atoms with Gasteiger partial charge in [-0.2, -0.15) is 21.9 Å². The first-order chi connectivity index (χ1) is 13.1. The Kier molecular flexibility index (Phi) is 6.04. The van der Waals surface area contributed by atoms with E-state index in [1.165, 1.54) is 34.4 Å². The first-order valence-electron chi connectivity index (χ1n) is 7.62. The highest BCUT2D eigenvalue weighted by atomic mass is 32.2. The molecular formula is C17H12N6OS3. The lowest BCUT2D eigenvalue weighted by Crippen LogP contribution is -2.12. The molecule has 3 rings (SSSR count). The molecule has 10 heteroatoms. The van der Waals surface area contributed by atoms with E-state index in [0.29, 0.717) is 27.0 Å². The highest BCUT2D eigenvalue weighted by molar-refractivity contribution is 7.99. The summed E-state index contributed by atoms with van der Waals surface area (Å²) >= 11 is 4.07. The van der Waals surface area contributed by atoms with Crippen LogP contribution in [0.15, 0.2) is 33.4 Å². The number of nitriles is 2. The van der Waals surface area contributed by atoms with E-state index in [-0.39, 0.29) is 23.7 Å². The summed E-state index contributed by atoms with van der Waals surface area (Å²) in [4.78, 5) is 20.2. The van der Waals surface area contributed by atoms with Gasteiger partial charge in [0.05, 0.1) is 5.56 Å². The van der Waals surface area contributed by atoms with Gasteiger partial charge < -0.3 is 11.1 Å². The van der Waals surface area contributed by atoms with Crippen LogP contribution in [-0.2, 0) is 4.79 Å². The molecule has 0 bridgehead atoms. The predicted molar refractivity (Wildman–Crippen MR) is 107 cm³/mol. The third-order valence-electron chi connectivity index (χ3n) is 3.47. The van der Waals surface area contributed by atoms with E-state index in [0.717, 1.165) is 5.56 Å². The minimum Gasteiger partial charge on any atom is -0.383 e. The molecule has 27 heavy (non-hydrogen) atoms. The standard InChI is InChI=1S/C17H12N6OS3/c18-7-11-14(10-1-4-25-9-10)12(8-19)16(23-15(11)20)26-5-2-13(24)22-17-21-3-6-27-17/h1,3-4,6,9H,2,5H2,(H2,20,23)(H,21,22,24). The first kappa shape index (κ1) is 18.9. The monoisotopic (exact) mass is 412 g/mol. The van der Waals surface area contributed by atoms with Gasteiger partial charge in [0.25, 0.3) is 0 Å². The fourth-order valence-corrected chi connectivity index (χ4v) is 4.43. The number of hydrogen-bond acceptors (Lipinski definition) is 9. The minimum atomic E-state index is -0.171. The molecule has 0 spiro atoms. The maximum Gasteiger partial charge on any atom is 0.226 e. The number of carbonyl (C=O) groups is 1. The summed E-state index contributed by atoms with van der Waals surface area (Å²) in [6, 6.07) is 6.01. The van der Waals surface area contributed by atoms with Crippen LogP contribution in [-0.4, -0.2) is 21.6 Å². The molecule has 0 radical (unpaired) electrons. The third kappa shape index (κ3) is 4.26. The summed E-state index contributed by atoms with van der Waals surface area (Å²) in [5.74, 6) is 0.316. The number of thiazole rings is 1. The van der Waals surface area contributed by atoms with Crippen LogP contribution in [0.2, 0.25) is 0 Å². The molecule has 3 heterocycles. The summed E-state index contributed by atoms with van der Waals surface area (Å²) in [5.41, 5.74) is 7.68. The number of pyridine rings is 1. The Labute approximate surface area is 167 Å². The van der Waals surface area contributed by atoms with Gasteiger partial charge in [0.2, 0.25) is 5.91 Å².